The predicted molar refractivity (Wildman–Crippen MR) is 54.6 cm³/mol. The van der Waals surface area contributed by atoms with E-state index in [-0.39, 0.29) is 0 Å². The fraction of sp³-hybridized carbons (Fsp3) is 0.500. The summed E-state index contributed by atoms with van der Waals surface area (Å²) < 4.78 is 1.31. The number of hydrogen-bond donors (Lipinski definition) is 1. The van der Waals surface area contributed by atoms with Crippen molar-refractivity contribution in [1.82, 2.24) is 4.98 Å². The van der Waals surface area contributed by atoms with Crippen molar-refractivity contribution in [3.8, 4) is 0 Å². The largest absolute Gasteiger partial charge is 0.368 e. The van der Waals surface area contributed by atoms with Crippen LogP contribution in [-0.2, 0) is 0 Å². The Bertz CT molecular complexity index is 95.6. The first kappa shape index (κ1) is 10.0. The molecule has 0 bridgehead atoms. The van der Waals surface area contributed by atoms with Gasteiger partial charge < -0.3 is 4.98 Å². The third kappa shape index (κ3) is 8.01. The van der Waals surface area contributed by atoms with Gasteiger partial charge in [-0.05, 0) is 23.0 Å². The van der Waals surface area contributed by atoms with Crippen molar-refractivity contribution in [3.63, 3.8) is 0 Å². The van der Waals surface area contributed by atoms with Gasteiger partial charge in [0, 0.05) is 12.4 Å². The minimum absolute atomic E-state index is 1.31. The quantitative estimate of drug-likeness (QED) is 0.613. The second kappa shape index (κ2) is 9.01. The molecule has 0 saturated carbocycles. The number of nitrogens with one attached hydrogen (secondary N) is 1. The molecule has 0 aliphatic heterocycles. The van der Waals surface area contributed by atoms with Crippen molar-refractivity contribution in [2.75, 3.05) is 4.43 Å². The summed E-state index contributed by atoms with van der Waals surface area (Å²) >= 11 is 2.39. The van der Waals surface area contributed by atoms with Crippen molar-refractivity contribution in [1.29, 1.82) is 0 Å². The summed E-state index contributed by atoms with van der Waals surface area (Å²) in [6.45, 7) is 2.21. The summed E-state index contributed by atoms with van der Waals surface area (Å²) in [5.74, 6) is 0. The number of unbranched alkanes of at least 4 members (excludes halogenated alkanes) is 1. The fourth-order valence-electron chi connectivity index (χ4n) is 0.411. The Morgan fingerprint density at radius 2 is 1.90 bits per heavy atom. The van der Waals surface area contributed by atoms with Gasteiger partial charge in [0.05, 0.1) is 0 Å². The van der Waals surface area contributed by atoms with E-state index in [1.807, 2.05) is 24.5 Å². The summed E-state index contributed by atoms with van der Waals surface area (Å²) in [6, 6.07) is 3.89. The van der Waals surface area contributed by atoms with E-state index in [1.54, 1.807) is 0 Å². The lowest BCUT2D eigenvalue weighted by molar-refractivity contribution is 0.907. The smallest absolute Gasteiger partial charge is 0.000496 e. The molecule has 0 aliphatic rings. The highest BCUT2D eigenvalue weighted by Gasteiger charge is 1.69. The summed E-state index contributed by atoms with van der Waals surface area (Å²) in [5, 5.41) is 0. The molecule has 0 saturated heterocycles. The molecule has 2 heteroatoms. The van der Waals surface area contributed by atoms with Gasteiger partial charge >= 0.3 is 0 Å². The van der Waals surface area contributed by atoms with Gasteiger partial charge in [-0.3, -0.25) is 0 Å². The van der Waals surface area contributed by atoms with Gasteiger partial charge in [-0.1, -0.05) is 35.9 Å². The van der Waals surface area contributed by atoms with Crippen LogP contribution >= 0.6 is 22.6 Å². The van der Waals surface area contributed by atoms with Crippen LogP contribution in [-0.4, -0.2) is 9.41 Å². The molecule has 0 unspecified atom stereocenters. The minimum Gasteiger partial charge on any atom is -0.368 e. The first-order chi connectivity index (χ1) is 4.91. The van der Waals surface area contributed by atoms with Crippen LogP contribution in [0.3, 0.4) is 0 Å². The summed E-state index contributed by atoms with van der Waals surface area (Å²) in [6.07, 6.45) is 6.46. The molecule has 1 nitrogen and oxygen atoms in total. The molecule has 0 atom stereocenters. The fourth-order valence-corrected chi connectivity index (χ4v) is 1.17. The molecule has 1 aromatic heterocycles. The summed E-state index contributed by atoms with van der Waals surface area (Å²) in [4.78, 5) is 2.86. The van der Waals surface area contributed by atoms with Crippen molar-refractivity contribution in [3.05, 3.63) is 24.5 Å². The highest BCUT2D eigenvalue weighted by Crippen LogP contribution is 1.90. The number of alkyl halides is 1. The molecule has 0 radical (unpaired) electrons. The predicted octanol–water partition coefficient (Wildman–Crippen LogP) is 3.24. The van der Waals surface area contributed by atoms with E-state index in [0.717, 1.165) is 0 Å². The van der Waals surface area contributed by atoms with Crippen LogP contribution < -0.4 is 0 Å². The number of hydrogen-bond acceptors (Lipinski definition) is 0. The van der Waals surface area contributed by atoms with Gasteiger partial charge in [0.15, 0.2) is 0 Å². The molecule has 1 N–H and O–H groups in total. The molecule has 0 aromatic carbocycles. The highest BCUT2D eigenvalue weighted by molar-refractivity contribution is 14.1. The monoisotopic (exact) mass is 251 g/mol. The van der Waals surface area contributed by atoms with Crippen molar-refractivity contribution < 1.29 is 0 Å². The highest BCUT2D eigenvalue weighted by atomic mass is 127. The van der Waals surface area contributed by atoms with Gasteiger partial charge in [0.1, 0.15) is 0 Å². The molecule has 1 heterocycles. The minimum atomic E-state index is 1.31. The molecule has 0 spiro atoms. The Labute approximate surface area is 76.4 Å². The van der Waals surface area contributed by atoms with Crippen LogP contribution in [0.2, 0.25) is 0 Å². The molecular weight excluding hydrogens is 237 g/mol. The zero-order valence-corrected chi connectivity index (χ0v) is 8.47. The Hall–Kier alpha value is 0.01000. The average molecular weight is 251 g/mol. The lowest BCUT2D eigenvalue weighted by Crippen LogP contribution is -1.64. The first-order valence-corrected chi connectivity index (χ1v) is 5.08. The Morgan fingerprint density at radius 1 is 1.30 bits per heavy atom. The molecule has 0 aliphatic carbocycles. The van der Waals surface area contributed by atoms with Crippen LogP contribution in [0.15, 0.2) is 24.5 Å². The van der Waals surface area contributed by atoms with Gasteiger partial charge in [-0.15, -0.1) is 0 Å². The van der Waals surface area contributed by atoms with Crippen molar-refractivity contribution in [2.45, 2.75) is 19.8 Å². The van der Waals surface area contributed by atoms with Crippen LogP contribution in [0.4, 0.5) is 0 Å². The van der Waals surface area contributed by atoms with Crippen LogP contribution in [0, 0.1) is 0 Å². The zero-order chi connectivity index (χ0) is 7.66. The third-order valence-electron chi connectivity index (χ3n) is 0.983. The van der Waals surface area contributed by atoms with Crippen molar-refractivity contribution >= 4 is 22.6 Å². The maximum absolute atomic E-state index is 2.86. The van der Waals surface area contributed by atoms with Crippen LogP contribution in [0.25, 0.3) is 0 Å². The average Bonchev–Trinajstić information content (AvgIpc) is 2.44. The summed E-state index contributed by atoms with van der Waals surface area (Å²) in [7, 11) is 0. The molecule has 10 heavy (non-hydrogen) atoms. The second-order valence-corrected chi connectivity index (χ2v) is 3.01. The number of halogens is 1. The normalized spacial score (nSPS) is 8.20. The van der Waals surface area contributed by atoms with Gasteiger partial charge in [-0.25, -0.2) is 0 Å². The molecular formula is C8H14IN. The first-order valence-electron chi connectivity index (χ1n) is 3.55. The van der Waals surface area contributed by atoms with Gasteiger partial charge in [0.25, 0.3) is 0 Å². The standard InChI is InChI=1S/C4H9I.C4H5N/c1-2-3-4-5;1-2-4-5-3-1/h2-4H2,1H3;1-5H. The molecule has 1 aromatic rings. The number of aromatic amines is 1. The maximum atomic E-state index is 2.86. The van der Waals surface area contributed by atoms with E-state index in [4.69, 9.17) is 0 Å². The van der Waals surface area contributed by atoms with Gasteiger partial charge in [0.2, 0.25) is 0 Å². The third-order valence-corrected chi connectivity index (χ3v) is 1.75. The number of H-pyrrole nitrogens is 1. The Balaban J connectivity index is 0.000000162. The topological polar surface area (TPSA) is 15.8 Å². The Kier molecular flexibility index (Phi) is 9.02. The van der Waals surface area contributed by atoms with Crippen LogP contribution in [0.5, 0.6) is 0 Å². The molecule has 58 valence electrons. The van der Waals surface area contributed by atoms with E-state index >= 15 is 0 Å². The lowest BCUT2D eigenvalue weighted by atomic mass is 10.4. The number of aromatic nitrogens is 1. The molecule has 0 fully saturated rings. The molecule has 0 amide bonds. The van der Waals surface area contributed by atoms with Crippen LogP contribution in [0.1, 0.15) is 19.8 Å². The van der Waals surface area contributed by atoms with E-state index in [9.17, 15) is 0 Å². The van der Waals surface area contributed by atoms with Gasteiger partial charge in [-0.2, -0.15) is 0 Å². The van der Waals surface area contributed by atoms with Crippen molar-refractivity contribution in [2.24, 2.45) is 0 Å². The maximum Gasteiger partial charge on any atom is 0.000496 e. The van der Waals surface area contributed by atoms with E-state index < -0.39 is 0 Å². The SMILES string of the molecule is CCCCI.c1cc[nH]c1. The molecule has 1 rings (SSSR count). The van der Waals surface area contributed by atoms with E-state index in [2.05, 4.69) is 34.5 Å². The zero-order valence-electron chi connectivity index (χ0n) is 6.31. The van der Waals surface area contributed by atoms with E-state index in [0.29, 0.717) is 0 Å². The lowest BCUT2D eigenvalue weighted by Gasteiger charge is -1.77. The summed E-state index contributed by atoms with van der Waals surface area (Å²) in [5.41, 5.74) is 0. The van der Waals surface area contributed by atoms with E-state index in [1.165, 1.54) is 17.3 Å². The second-order valence-electron chi connectivity index (χ2n) is 1.93. The Morgan fingerprint density at radius 3 is 2.00 bits per heavy atom. The number of rotatable bonds is 2.